The van der Waals surface area contributed by atoms with Crippen LogP contribution in [0, 0.1) is 0 Å². The lowest BCUT2D eigenvalue weighted by Crippen LogP contribution is -2.25. The summed E-state index contributed by atoms with van der Waals surface area (Å²) in [5.41, 5.74) is 1.06. The summed E-state index contributed by atoms with van der Waals surface area (Å²) < 4.78 is 1.80. The van der Waals surface area contributed by atoms with E-state index in [-0.39, 0.29) is 6.61 Å². The molecule has 4 nitrogen and oxygen atoms in total. The van der Waals surface area contributed by atoms with Gasteiger partial charge >= 0.3 is 0 Å². The zero-order valence-corrected chi connectivity index (χ0v) is 8.90. The Hall–Kier alpha value is -0.870. The fraction of sp³-hybridized carbons (Fsp3) is 0.700. The van der Waals surface area contributed by atoms with Crippen LogP contribution in [0.3, 0.4) is 0 Å². The maximum atomic E-state index is 8.66. The number of aryl methyl sites for hydroxylation is 1. The zero-order valence-electron chi connectivity index (χ0n) is 8.90. The summed E-state index contributed by atoms with van der Waals surface area (Å²) in [6, 6.07) is 2.44. The average Bonchev–Trinajstić information content (AvgIpc) is 2.58. The van der Waals surface area contributed by atoms with Gasteiger partial charge in [-0.15, -0.1) is 0 Å². The Labute approximate surface area is 84.9 Å². The molecule has 2 N–H and O–H groups in total. The van der Waals surface area contributed by atoms with Crippen LogP contribution in [0.5, 0.6) is 0 Å². The van der Waals surface area contributed by atoms with Gasteiger partial charge in [-0.25, -0.2) is 0 Å². The van der Waals surface area contributed by atoms with Crippen LogP contribution in [-0.4, -0.2) is 27.5 Å². The van der Waals surface area contributed by atoms with Crippen molar-refractivity contribution in [2.75, 3.05) is 6.61 Å². The highest BCUT2D eigenvalue weighted by Crippen LogP contribution is 1.98. The summed E-state index contributed by atoms with van der Waals surface area (Å²) in [6.45, 7) is 3.20. The van der Waals surface area contributed by atoms with E-state index in [1.54, 1.807) is 4.68 Å². The van der Waals surface area contributed by atoms with E-state index >= 15 is 0 Å². The molecule has 0 aliphatic heterocycles. The van der Waals surface area contributed by atoms with Crippen LogP contribution in [0.4, 0.5) is 0 Å². The van der Waals surface area contributed by atoms with Crippen LogP contribution in [0.15, 0.2) is 12.3 Å². The molecule has 1 unspecified atom stereocenters. The van der Waals surface area contributed by atoms with Gasteiger partial charge in [0.1, 0.15) is 0 Å². The normalized spacial score (nSPS) is 13.1. The molecule has 0 saturated heterocycles. The topological polar surface area (TPSA) is 50.1 Å². The van der Waals surface area contributed by atoms with Gasteiger partial charge in [0, 0.05) is 32.4 Å². The number of rotatable bonds is 6. The number of aliphatic hydroxyl groups excluding tert-OH is 1. The number of nitrogens with zero attached hydrogens (tertiary/aromatic N) is 2. The van der Waals surface area contributed by atoms with Gasteiger partial charge in [-0.2, -0.15) is 5.10 Å². The van der Waals surface area contributed by atoms with Gasteiger partial charge in [-0.1, -0.05) is 0 Å². The minimum atomic E-state index is 0.273. The first-order valence-electron chi connectivity index (χ1n) is 5.05. The molecule has 0 spiro atoms. The van der Waals surface area contributed by atoms with E-state index in [2.05, 4.69) is 17.3 Å². The average molecular weight is 197 g/mol. The van der Waals surface area contributed by atoms with Crippen LogP contribution >= 0.6 is 0 Å². The molecule has 1 rings (SSSR count). The van der Waals surface area contributed by atoms with E-state index in [0.717, 1.165) is 25.1 Å². The van der Waals surface area contributed by atoms with Crippen LogP contribution < -0.4 is 5.32 Å². The number of hydrogen-bond acceptors (Lipinski definition) is 3. The van der Waals surface area contributed by atoms with Gasteiger partial charge in [-0.3, -0.25) is 4.68 Å². The second-order valence-corrected chi connectivity index (χ2v) is 3.63. The number of hydrogen-bond donors (Lipinski definition) is 2. The fourth-order valence-electron chi connectivity index (χ4n) is 1.34. The highest BCUT2D eigenvalue weighted by atomic mass is 16.2. The summed E-state index contributed by atoms with van der Waals surface area (Å²) in [4.78, 5) is 0. The summed E-state index contributed by atoms with van der Waals surface area (Å²) in [5.74, 6) is 0. The Morgan fingerprint density at radius 2 is 2.43 bits per heavy atom. The highest BCUT2D eigenvalue weighted by Gasteiger charge is 2.02. The minimum Gasteiger partial charge on any atom is -0.396 e. The monoisotopic (exact) mass is 197 g/mol. The molecule has 80 valence electrons. The smallest absolute Gasteiger partial charge is 0.0762 e. The lowest BCUT2D eigenvalue weighted by Gasteiger charge is -2.11. The van der Waals surface area contributed by atoms with Gasteiger partial charge in [0.05, 0.1) is 5.69 Å². The minimum absolute atomic E-state index is 0.273. The first-order valence-corrected chi connectivity index (χ1v) is 5.05. The van der Waals surface area contributed by atoms with Crippen LogP contribution in [0.1, 0.15) is 25.5 Å². The van der Waals surface area contributed by atoms with E-state index in [0.29, 0.717) is 6.04 Å². The molecule has 0 radical (unpaired) electrons. The first-order chi connectivity index (χ1) is 6.72. The molecule has 4 heteroatoms. The number of aromatic nitrogens is 2. The van der Waals surface area contributed by atoms with Crippen molar-refractivity contribution < 1.29 is 5.11 Å². The second kappa shape index (κ2) is 5.78. The van der Waals surface area contributed by atoms with Gasteiger partial charge in [0.2, 0.25) is 0 Å². The van der Waals surface area contributed by atoms with Gasteiger partial charge in [0.15, 0.2) is 0 Å². The third-order valence-corrected chi connectivity index (χ3v) is 2.20. The fourth-order valence-corrected chi connectivity index (χ4v) is 1.34. The summed E-state index contributed by atoms with van der Waals surface area (Å²) >= 11 is 0. The second-order valence-electron chi connectivity index (χ2n) is 3.63. The van der Waals surface area contributed by atoms with E-state index in [9.17, 15) is 0 Å². The summed E-state index contributed by atoms with van der Waals surface area (Å²) in [7, 11) is 1.92. The third-order valence-electron chi connectivity index (χ3n) is 2.20. The van der Waals surface area contributed by atoms with Crippen molar-refractivity contribution in [3.05, 3.63) is 18.0 Å². The lowest BCUT2D eigenvalue weighted by atomic mass is 10.2. The molecular formula is C10H19N3O. The molecule has 14 heavy (non-hydrogen) atoms. The SMILES string of the molecule is CC(CCCO)NCc1ccn(C)n1. The van der Waals surface area contributed by atoms with E-state index in [1.807, 2.05) is 19.3 Å². The van der Waals surface area contributed by atoms with Gasteiger partial charge in [0.25, 0.3) is 0 Å². The van der Waals surface area contributed by atoms with Crippen LogP contribution in [0.25, 0.3) is 0 Å². The molecule has 0 amide bonds. The highest BCUT2D eigenvalue weighted by molar-refractivity contribution is 4.98. The molecule has 1 aromatic rings. The van der Waals surface area contributed by atoms with Crippen LogP contribution in [-0.2, 0) is 13.6 Å². The molecule has 1 atom stereocenters. The van der Waals surface area contributed by atoms with Gasteiger partial charge in [-0.05, 0) is 25.8 Å². The predicted molar refractivity (Wildman–Crippen MR) is 55.8 cm³/mol. The molecule has 1 aromatic heterocycles. The standard InChI is InChI=1S/C10H19N3O/c1-9(4-3-7-14)11-8-10-5-6-13(2)12-10/h5-6,9,11,14H,3-4,7-8H2,1-2H3. The Bertz CT molecular complexity index is 260. The molecule has 0 bridgehead atoms. The predicted octanol–water partition coefficient (Wildman–Crippen LogP) is 0.671. The molecule has 0 aliphatic carbocycles. The van der Waals surface area contributed by atoms with Crippen LogP contribution in [0.2, 0.25) is 0 Å². The summed E-state index contributed by atoms with van der Waals surface area (Å²) in [5, 5.41) is 16.3. The van der Waals surface area contributed by atoms with Crippen molar-refractivity contribution in [2.45, 2.75) is 32.4 Å². The van der Waals surface area contributed by atoms with Crippen molar-refractivity contribution >= 4 is 0 Å². The molecule has 0 aliphatic rings. The van der Waals surface area contributed by atoms with Gasteiger partial charge < -0.3 is 10.4 Å². The van der Waals surface area contributed by atoms with Crippen molar-refractivity contribution in [3.8, 4) is 0 Å². The Morgan fingerprint density at radius 3 is 3.00 bits per heavy atom. The van der Waals surface area contributed by atoms with Crippen molar-refractivity contribution in [1.29, 1.82) is 0 Å². The molecule has 0 aromatic carbocycles. The molecule has 0 fully saturated rings. The Morgan fingerprint density at radius 1 is 1.64 bits per heavy atom. The Kier molecular flexibility index (Phi) is 4.62. The quantitative estimate of drug-likeness (QED) is 0.704. The number of nitrogens with one attached hydrogen (secondary N) is 1. The molecular weight excluding hydrogens is 178 g/mol. The third kappa shape index (κ3) is 3.89. The Balaban J connectivity index is 2.20. The van der Waals surface area contributed by atoms with E-state index in [4.69, 9.17) is 5.11 Å². The van der Waals surface area contributed by atoms with E-state index < -0.39 is 0 Å². The zero-order chi connectivity index (χ0) is 10.4. The number of aliphatic hydroxyl groups is 1. The maximum absolute atomic E-state index is 8.66. The summed E-state index contributed by atoms with van der Waals surface area (Å²) in [6.07, 6.45) is 3.80. The van der Waals surface area contributed by atoms with Crippen molar-refractivity contribution in [1.82, 2.24) is 15.1 Å². The van der Waals surface area contributed by atoms with E-state index in [1.165, 1.54) is 0 Å². The van der Waals surface area contributed by atoms with Crippen molar-refractivity contribution in [3.63, 3.8) is 0 Å². The largest absolute Gasteiger partial charge is 0.396 e. The first kappa shape index (κ1) is 11.2. The maximum Gasteiger partial charge on any atom is 0.0762 e. The van der Waals surface area contributed by atoms with Crippen molar-refractivity contribution in [2.24, 2.45) is 7.05 Å². The molecule has 1 heterocycles. The molecule has 0 saturated carbocycles. The lowest BCUT2D eigenvalue weighted by molar-refractivity contribution is 0.276.